The number of carbonyl (C=O) groups is 2. The zero-order valence-electron chi connectivity index (χ0n) is 17.2. The Labute approximate surface area is 184 Å². The minimum atomic E-state index is -0.989. The highest BCUT2D eigenvalue weighted by Gasteiger charge is 2.25. The number of ether oxygens (including phenoxy) is 2. The summed E-state index contributed by atoms with van der Waals surface area (Å²) in [5.41, 5.74) is 2.41. The maximum atomic E-state index is 13.0. The van der Waals surface area contributed by atoms with Crippen LogP contribution in [0.1, 0.15) is 11.1 Å². The molecule has 0 aliphatic carbocycles. The number of aromatic hydroxyl groups is 1. The molecule has 32 heavy (non-hydrogen) atoms. The van der Waals surface area contributed by atoms with Crippen molar-refractivity contribution in [1.29, 1.82) is 0 Å². The fourth-order valence-corrected chi connectivity index (χ4v) is 3.28. The highest BCUT2D eigenvalue weighted by Crippen LogP contribution is 2.25. The number of aromatic amines is 1. The van der Waals surface area contributed by atoms with Crippen molar-refractivity contribution in [2.24, 2.45) is 0 Å². The van der Waals surface area contributed by atoms with Gasteiger partial charge in [-0.1, -0.05) is 54.6 Å². The summed E-state index contributed by atoms with van der Waals surface area (Å²) in [5, 5.41) is 12.9. The zero-order valence-corrected chi connectivity index (χ0v) is 17.2. The molecule has 1 amide bonds. The van der Waals surface area contributed by atoms with Crippen LogP contribution >= 0.6 is 0 Å². The quantitative estimate of drug-likeness (QED) is 0.379. The Morgan fingerprint density at radius 1 is 0.906 bits per heavy atom. The molecule has 1 heterocycles. The molecule has 0 aliphatic heterocycles. The summed E-state index contributed by atoms with van der Waals surface area (Å²) in [7, 11) is 0. The van der Waals surface area contributed by atoms with Gasteiger partial charge < -0.3 is 24.9 Å². The van der Waals surface area contributed by atoms with Crippen LogP contribution in [-0.2, 0) is 22.6 Å². The molecule has 162 valence electrons. The van der Waals surface area contributed by atoms with E-state index in [1.54, 1.807) is 18.3 Å². The molecule has 3 aromatic carbocycles. The Balaban J connectivity index is 1.47. The Bertz CT molecular complexity index is 1200. The number of rotatable bonds is 7. The topological polar surface area (TPSA) is 101 Å². The molecule has 0 spiro atoms. The molecule has 1 aromatic heterocycles. The first-order valence-electron chi connectivity index (χ1n) is 10.1. The zero-order chi connectivity index (χ0) is 22.3. The molecule has 0 radical (unpaired) electrons. The van der Waals surface area contributed by atoms with Crippen molar-refractivity contribution in [3.8, 4) is 11.5 Å². The van der Waals surface area contributed by atoms with E-state index in [-0.39, 0.29) is 18.8 Å². The first-order chi connectivity index (χ1) is 15.6. The van der Waals surface area contributed by atoms with Crippen molar-refractivity contribution < 1.29 is 24.2 Å². The van der Waals surface area contributed by atoms with Crippen LogP contribution in [-0.4, -0.2) is 28.2 Å². The van der Waals surface area contributed by atoms with Crippen LogP contribution in [0.5, 0.6) is 11.5 Å². The van der Waals surface area contributed by atoms with Crippen LogP contribution in [0, 0.1) is 0 Å². The number of carbonyl (C=O) groups excluding carboxylic acids is 2. The second-order valence-electron chi connectivity index (χ2n) is 7.25. The third-order valence-electron chi connectivity index (χ3n) is 4.93. The number of H-pyrrole nitrogens is 1. The number of esters is 1. The SMILES string of the molecule is O=C(N[C@@H](Cc1ccc(O)cc1)C(=O)Oc1c[nH]c2ccccc12)OCc1ccccc1. The van der Waals surface area contributed by atoms with Gasteiger partial charge in [-0.25, -0.2) is 9.59 Å². The predicted molar refractivity (Wildman–Crippen MR) is 119 cm³/mol. The molecule has 0 saturated carbocycles. The maximum Gasteiger partial charge on any atom is 0.408 e. The fraction of sp³-hybridized carbons (Fsp3) is 0.120. The molecule has 0 bridgehead atoms. The van der Waals surface area contributed by atoms with Crippen LogP contribution in [0.3, 0.4) is 0 Å². The van der Waals surface area contributed by atoms with Crippen LogP contribution < -0.4 is 10.1 Å². The largest absolute Gasteiger partial charge is 0.508 e. The van der Waals surface area contributed by atoms with Gasteiger partial charge in [0, 0.05) is 23.5 Å². The van der Waals surface area contributed by atoms with E-state index in [1.165, 1.54) is 12.1 Å². The van der Waals surface area contributed by atoms with Crippen molar-refractivity contribution >= 4 is 23.0 Å². The lowest BCUT2D eigenvalue weighted by Gasteiger charge is -2.17. The molecule has 0 aliphatic rings. The van der Waals surface area contributed by atoms with Crippen molar-refractivity contribution in [3.05, 3.63) is 96.2 Å². The number of nitrogens with one attached hydrogen (secondary N) is 2. The molecule has 0 saturated heterocycles. The summed E-state index contributed by atoms with van der Waals surface area (Å²) < 4.78 is 10.9. The molecule has 4 aromatic rings. The van der Waals surface area contributed by atoms with E-state index in [2.05, 4.69) is 10.3 Å². The van der Waals surface area contributed by atoms with Crippen LogP contribution in [0.15, 0.2) is 85.1 Å². The number of phenolic OH excluding ortho intramolecular Hbond substituents is 1. The van der Waals surface area contributed by atoms with Gasteiger partial charge in [0.2, 0.25) is 0 Å². The number of alkyl carbamates (subject to hydrolysis) is 1. The third kappa shape index (κ3) is 5.26. The van der Waals surface area contributed by atoms with Crippen LogP contribution in [0.25, 0.3) is 10.9 Å². The van der Waals surface area contributed by atoms with E-state index in [0.717, 1.165) is 22.0 Å². The number of fused-ring (bicyclic) bond motifs is 1. The lowest BCUT2D eigenvalue weighted by atomic mass is 10.1. The highest BCUT2D eigenvalue weighted by atomic mass is 16.6. The number of aromatic nitrogens is 1. The standard InChI is InChI=1S/C25H22N2O5/c28-19-12-10-17(11-13-19)14-22(27-25(30)31-16-18-6-2-1-3-7-18)24(29)32-23-15-26-21-9-5-4-8-20(21)23/h1-13,15,22,26,28H,14,16H2,(H,27,30)/t22-/m0/s1. The summed E-state index contributed by atoms with van der Waals surface area (Å²) >= 11 is 0. The van der Waals surface area contributed by atoms with Gasteiger partial charge in [-0.15, -0.1) is 0 Å². The Morgan fingerprint density at radius 2 is 1.62 bits per heavy atom. The van der Waals surface area contributed by atoms with Gasteiger partial charge in [0.15, 0.2) is 5.75 Å². The average molecular weight is 430 g/mol. The van der Waals surface area contributed by atoms with Crippen molar-refractivity contribution in [1.82, 2.24) is 10.3 Å². The Morgan fingerprint density at radius 3 is 2.41 bits per heavy atom. The molecular formula is C25H22N2O5. The summed E-state index contributed by atoms with van der Waals surface area (Å²) in [6.45, 7) is 0.0795. The van der Waals surface area contributed by atoms with Gasteiger partial charge in [0.25, 0.3) is 0 Å². The summed E-state index contributed by atoms with van der Waals surface area (Å²) in [6, 6.07) is 22.1. The van der Waals surface area contributed by atoms with E-state index < -0.39 is 18.1 Å². The van der Waals surface area contributed by atoms with Crippen LogP contribution in [0.4, 0.5) is 4.79 Å². The number of hydrogen-bond donors (Lipinski definition) is 3. The monoisotopic (exact) mass is 430 g/mol. The normalized spacial score (nSPS) is 11.6. The highest BCUT2D eigenvalue weighted by molar-refractivity contribution is 5.90. The van der Waals surface area contributed by atoms with Crippen molar-refractivity contribution in [2.75, 3.05) is 0 Å². The number of para-hydroxylation sites is 1. The number of benzene rings is 3. The van der Waals surface area contributed by atoms with Gasteiger partial charge in [-0.2, -0.15) is 0 Å². The van der Waals surface area contributed by atoms with Gasteiger partial charge in [-0.3, -0.25) is 0 Å². The minimum Gasteiger partial charge on any atom is -0.508 e. The van der Waals surface area contributed by atoms with E-state index in [1.807, 2.05) is 54.6 Å². The molecule has 7 nitrogen and oxygen atoms in total. The first-order valence-corrected chi connectivity index (χ1v) is 10.1. The lowest BCUT2D eigenvalue weighted by molar-refractivity contribution is -0.136. The molecule has 0 fully saturated rings. The smallest absolute Gasteiger partial charge is 0.408 e. The summed E-state index contributed by atoms with van der Waals surface area (Å²) in [5.74, 6) is -0.137. The van der Waals surface area contributed by atoms with Gasteiger partial charge in [-0.05, 0) is 35.4 Å². The minimum absolute atomic E-state index is 0.0795. The van der Waals surface area contributed by atoms with Gasteiger partial charge >= 0.3 is 12.1 Å². The molecule has 4 rings (SSSR count). The van der Waals surface area contributed by atoms with E-state index in [0.29, 0.717) is 5.75 Å². The van der Waals surface area contributed by atoms with E-state index in [4.69, 9.17) is 9.47 Å². The molecule has 7 heteroatoms. The first kappa shape index (κ1) is 21.0. The lowest BCUT2D eigenvalue weighted by Crippen LogP contribution is -2.44. The van der Waals surface area contributed by atoms with Crippen molar-refractivity contribution in [3.63, 3.8) is 0 Å². The molecule has 1 atom stereocenters. The van der Waals surface area contributed by atoms with E-state index in [9.17, 15) is 14.7 Å². The van der Waals surface area contributed by atoms with Gasteiger partial charge in [0.05, 0.1) is 0 Å². The third-order valence-corrected chi connectivity index (χ3v) is 4.93. The second kappa shape index (κ2) is 9.70. The average Bonchev–Trinajstić information content (AvgIpc) is 3.22. The van der Waals surface area contributed by atoms with Crippen molar-refractivity contribution in [2.45, 2.75) is 19.1 Å². The molecule has 3 N–H and O–H groups in total. The number of phenols is 1. The number of hydrogen-bond acceptors (Lipinski definition) is 5. The second-order valence-corrected chi connectivity index (χ2v) is 7.25. The van der Waals surface area contributed by atoms with Gasteiger partial charge in [0.1, 0.15) is 18.4 Å². The Hall–Kier alpha value is -4.26. The Kier molecular flexibility index (Phi) is 6.36. The molecular weight excluding hydrogens is 408 g/mol. The molecule has 0 unspecified atom stereocenters. The maximum absolute atomic E-state index is 13.0. The van der Waals surface area contributed by atoms with E-state index >= 15 is 0 Å². The number of amides is 1. The van der Waals surface area contributed by atoms with Crippen LogP contribution in [0.2, 0.25) is 0 Å². The predicted octanol–water partition coefficient (Wildman–Crippen LogP) is 4.32. The summed E-state index contributed by atoms with van der Waals surface area (Å²) in [6.07, 6.45) is 1.05. The summed E-state index contributed by atoms with van der Waals surface area (Å²) in [4.78, 5) is 28.4. The fourth-order valence-electron chi connectivity index (χ4n) is 3.28.